The fourth-order valence-corrected chi connectivity index (χ4v) is 6.34. The molecule has 1 rings (SSSR count). The smallest absolute Gasteiger partial charge is 0.306 e. The van der Waals surface area contributed by atoms with Crippen LogP contribution >= 0.6 is 0 Å². The first-order valence-electron chi connectivity index (χ1n) is 21.5. The predicted molar refractivity (Wildman–Crippen MR) is 237 cm³/mol. The van der Waals surface area contributed by atoms with Gasteiger partial charge in [0.1, 0.15) is 36.8 Å². The number of esters is 2. The summed E-state index contributed by atoms with van der Waals surface area (Å²) in [6.45, 7) is 3.41. The topological polar surface area (TPSA) is 186 Å². The van der Waals surface area contributed by atoms with Crippen molar-refractivity contribution in [3.63, 3.8) is 0 Å². The van der Waals surface area contributed by atoms with Crippen LogP contribution in [0.3, 0.4) is 0 Å². The molecule has 1 heterocycles. The average Bonchev–Trinajstić information content (AvgIpc) is 3.21. The zero-order valence-corrected chi connectivity index (χ0v) is 36.6. The summed E-state index contributed by atoms with van der Waals surface area (Å²) in [4.78, 5) is 25.3. The predicted octanol–water partition coefficient (Wildman–Crippen LogP) is 8.44. The van der Waals surface area contributed by atoms with E-state index in [9.17, 15) is 37.9 Å². The van der Waals surface area contributed by atoms with E-state index < -0.39 is 71.2 Å². The standard InChI is InChI=1S/C47H72O12S/c1-3-5-7-9-11-13-15-17-18-19-20-21-22-24-25-27-29-31-33-35-42(48)56-37-40(38-57-47-46(52)45(51)44(50)41(59-47)39-60(53,54)55)58-43(49)36-34-32-30-28-26-23-16-14-12-10-8-6-4-2/h5-8,10-14,16-18,20-21,23-26,40-41,44-47,50-52H,3-4,9,15,19,22,27-39H2,1-2H3,(H,53,54,55)/b7-5+,8-6+,12-10+,13-11+,16-14+,18-17+,21-20+,25-24+,26-23+/t40?,41-,44-,45?,46?,47+/m1/s1. The van der Waals surface area contributed by atoms with E-state index in [2.05, 4.69) is 86.8 Å². The van der Waals surface area contributed by atoms with E-state index in [1.165, 1.54) is 0 Å². The first-order chi connectivity index (χ1) is 29.0. The van der Waals surface area contributed by atoms with E-state index >= 15 is 0 Å². The van der Waals surface area contributed by atoms with Crippen LogP contribution in [-0.4, -0.2) is 96.0 Å². The average molecular weight is 861 g/mol. The molecule has 0 radical (unpaired) electrons. The summed E-state index contributed by atoms with van der Waals surface area (Å²) in [5.74, 6) is -2.10. The van der Waals surface area contributed by atoms with Crippen LogP contribution in [0.1, 0.15) is 117 Å². The second-order valence-electron chi connectivity index (χ2n) is 14.3. The molecule has 4 N–H and O–H groups in total. The molecule has 13 heteroatoms. The molecule has 0 spiro atoms. The third-order valence-electron chi connectivity index (χ3n) is 8.94. The Morgan fingerprint density at radius 2 is 1.08 bits per heavy atom. The third-order valence-corrected chi connectivity index (χ3v) is 9.69. The van der Waals surface area contributed by atoms with Crippen molar-refractivity contribution in [1.29, 1.82) is 0 Å². The van der Waals surface area contributed by atoms with E-state index in [4.69, 9.17) is 18.9 Å². The van der Waals surface area contributed by atoms with Gasteiger partial charge < -0.3 is 34.3 Å². The highest BCUT2D eigenvalue weighted by Gasteiger charge is 2.46. The van der Waals surface area contributed by atoms with Crippen molar-refractivity contribution in [3.05, 3.63) is 109 Å². The highest BCUT2D eigenvalue weighted by Crippen LogP contribution is 2.24. The third kappa shape index (κ3) is 30.4. The van der Waals surface area contributed by atoms with Gasteiger partial charge in [0.05, 0.1) is 6.61 Å². The van der Waals surface area contributed by atoms with Gasteiger partial charge in [-0.2, -0.15) is 8.42 Å². The lowest BCUT2D eigenvalue weighted by molar-refractivity contribution is -0.297. The SMILES string of the molecule is CC/C=C/C=C/C=C/C=C/CCCCCC(=O)OC(COC(=O)CCCCC/C=C/C/C=C/C/C=C/C/C=C/C/C=C/CC)CO[C@H]1O[C@H](CS(=O)(=O)O)[C@@H](O)C(O)C1O. The van der Waals surface area contributed by atoms with E-state index in [0.29, 0.717) is 12.8 Å². The molecule has 12 nitrogen and oxygen atoms in total. The van der Waals surface area contributed by atoms with Crippen molar-refractivity contribution >= 4 is 22.1 Å². The fourth-order valence-electron chi connectivity index (χ4n) is 5.65. The number of aliphatic hydroxyl groups is 3. The molecule has 0 aromatic heterocycles. The molecule has 3 unspecified atom stereocenters. The van der Waals surface area contributed by atoms with Gasteiger partial charge in [-0.1, -0.05) is 136 Å². The van der Waals surface area contributed by atoms with Gasteiger partial charge in [0.25, 0.3) is 10.1 Å². The number of carbonyl (C=O) groups excluding carboxylic acids is 2. The minimum absolute atomic E-state index is 0.103. The molecule has 0 aromatic carbocycles. The Morgan fingerprint density at radius 1 is 0.583 bits per heavy atom. The van der Waals surface area contributed by atoms with Gasteiger partial charge in [-0.3, -0.25) is 14.1 Å². The Morgan fingerprint density at radius 3 is 1.65 bits per heavy atom. The lowest BCUT2D eigenvalue weighted by Gasteiger charge is -2.40. The van der Waals surface area contributed by atoms with Crippen molar-refractivity contribution in [2.75, 3.05) is 19.0 Å². The van der Waals surface area contributed by atoms with Crippen molar-refractivity contribution < 1.29 is 56.8 Å². The molecule has 0 aromatic rings. The number of carbonyl (C=O) groups is 2. The van der Waals surface area contributed by atoms with Crippen molar-refractivity contribution in [3.8, 4) is 0 Å². The largest absolute Gasteiger partial charge is 0.462 e. The number of ether oxygens (including phenoxy) is 4. The number of allylic oxidation sites excluding steroid dienone is 18. The summed E-state index contributed by atoms with van der Waals surface area (Å²) in [5.41, 5.74) is 0. The normalized spacial score (nSPS) is 21.2. The molecular weight excluding hydrogens is 789 g/mol. The van der Waals surface area contributed by atoms with Crippen molar-refractivity contribution in [2.24, 2.45) is 0 Å². The minimum atomic E-state index is -4.62. The highest BCUT2D eigenvalue weighted by atomic mass is 32.2. The second kappa shape index (κ2) is 36.0. The monoisotopic (exact) mass is 860 g/mol. The van der Waals surface area contributed by atoms with Gasteiger partial charge in [-0.15, -0.1) is 0 Å². The molecule has 1 saturated heterocycles. The van der Waals surface area contributed by atoms with Crippen LogP contribution in [0.4, 0.5) is 0 Å². The Balaban J connectivity index is 2.52. The molecule has 0 amide bonds. The first-order valence-corrected chi connectivity index (χ1v) is 23.1. The van der Waals surface area contributed by atoms with Crippen LogP contribution in [0.2, 0.25) is 0 Å². The molecule has 6 atom stereocenters. The lowest BCUT2D eigenvalue weighted by Crippen LogP contribution is -2.60. The second-order valence-corrected chi connectivity index (χ2v) is 15.8. The molecule has 0 bridgehead atoms. The number of unbranched alkanes of at least 4 members (excludes halogenated alkanes) is 6. The maximum Gasteiger partial charge on any atom is 0.306 e. The van der Waals surface area contributed by atoms with Gasteiger partial charge in [-0.05, 0) is 77.0 Å². The maximum absolute atomic E-state index is 12.8. The van der Waals surface area contributed by atoms with Gasteiger partial charge in [0, 0.05) is 12.8 Å². The highest BCUT2D eigenvalue weighted by molar-refractivity contribution is 7.85. The summed E-state index contributed by atoms with van der Waals surface area (Å²) < 4.78 is 53.9. The van der Waals surface area contributed by atoms with E-state index in [1.54, 1.807) is 0 Å². The zero-order valence-electron chi connectivity index (χ0n) is 35.8. The Bertz CT molecular complexity index is 1520. The first kappa shape index (κ1) is 54.3. The van der Waals surface area contributed by atoms with E-state index in [1.807, 2.05) is 36.5 Å². The summed E-state index contributed by atoms with van der Waals surface area (Å²) in [5, 5.41) is 30.8. The molecule has 338 valence electrons. The summed E-state index contributed by atoms with van der Waals surface area (Å²) in [6.07, 6.45) is 40.0. The van der Waals surface area contributed by atoms with Gasteiger partial charge in [0.15, 0.2) is 12.4 Å². The lowest BCUT2D eigenvalue weighted by atomic mass is 10.00. The number of hydrogen-bond acceptors (Lipinski definition) is 11. The molecule has 60 heavy (non-hydrogen) atoms. The van der Waals surface area contributed by atoms with E-state index in [-0.39, 0.29) is 19.4 Å². The Hall–Kier alpha value is -3.69. The number of hydrogen-bond donors (Lipinski definition) is 4. The summed E-state index contributed by atoms with van der Waals surface area (Å²) in [7, 11) is -4.62. The van der Waals surface area contributed by atoms with Gasteiger partial charge in [-0.25, -0.2) is 0 Å². The molecule has 0 aliphatic carbocycles. The number of rotatable bonds is 33. The van der Waals surface area contributed by atoms with Crippen LogP contribution in [0, 0.1) is 0 Å². The van der Waals surface area contributed by atoms with Crippen LogP contribution in [0.25, 0.3) is 0 Å². The van der Waals surface area contributed by atoms with Crippen LogP contribution in [-0.2, 0) is 38.7 Å². The van der Waals surface area contributed by atoms with Crippen LogP contribution in [0.5, 0.6) is 0 Å². The number of aliphatic hydroxyl groups excluding tert-OH is 3. The maximum atomic E-state index is 12.8. The van der Waals surface area contributed by atoms with Crippen molar-refractivity contribution in [2.45, 2.75) is 153 Å². The van der Waals surface area contributed by atoms with Gasteiger partial charge >= 0.3 is 11.9 Å². The molecule has 0 saturated carbocycles. The molecule has 1 aliphatic heterocycles. The Kier molecular flexibility index (Phi) is 32.6. The molecule has 1 fully saturated rings. The van der Waals surface area contributed by atoms with Crippen LogP contribution < -0.4 is 0 Å². The van der Waals surface area contributed by atoms with E-state index in [0.717, 1.165) is 77.0 Å². The molecular formula is C47H72O12S. The van der Waals surface area contributed by atoms with Crippen molar-refractivity contribution in [1.82, 2.24) is 0 Å². The molecule has 1 aliphatic rings. The zero-order chi connectivity index (χ0) is 44.1. The summed E-state index contributed by atoms with van der Waals surface area (Å²) >= 11 is 0. The minimum Gasteiger partial charge on any atom is -0.462 e. The van der Waals surface area contributed by atoms with Gasteiger partial charge in [0.2, 0.25) is 0 Å². The Labute approximate surface area is 359 Å². The quantitative estimate of drug-likeness (QED) is 0.0163. The van der Waals surface area contributed by atoms with Crippen LogP contribution in [0.15, 0.2) is 109 Å². The summed E-state index contributed by atoms with van der Waals surface area (Å²) in [6, 6.07) is 0. The fraction of sp³-hybridized carbons (Fsp3) is 0.574.